The molecular weight excluding hydrogens is 331 g/mol. The van der Waals surface area contributed by atoms with Crippen molar-refractivity contribution in [2.24, 2.45) is 0 Å². The second-order valence-corrected chi connectivity index (χ2v) is 6.49. The molecule has 23 heavy (non-hydrogen) atoms. The van der Waals surface area contributed by atoms with Gasteiger partial charge in [0.2, 0.25) is 0 Å². The van der Waals surface area contributed by atoms with E-state index in [1.165, 1.54) is 19.2 Å². The lowest BCUT2D eigenvalue weighted by molar-refractivity contribution is -0.137. The molecule has 2 rings (SSSR count). The first kappa shape index (κ1) is 17.1. The zero-order valence-electron chi connectivity index (χ0n) is 12.3. The van der Waals surface area contributed by atoms with E-state index < -0.39 is 21.8 Å². The van der Waals surface area contributed by atoms with Gasteiger partial charge in [0, 0.05) is 5.69 Å². The molecule has 0 atom stereocenters. The molecule has 0 bridgehead atoms. The average Bonchev–Trinajstić information content (AvgIpc) is 2.46. The summed E-state index contributed by atoms with van der Waals surface area (Å²) in [5.74, 6) is 0.148. The summed E-state index contributed by atoms with van der Waals surface area (Å²) in [4.78, 5) is -0.0834. The molecule has 0 aliphatic heterocycles. The Hall–Kier alpha value is -2.22. The van der Waals surface area contributed by atoms with Crippen molar-refractivity contribution < 1.29 is 26.3 Å². The Balaban J connectivity index is 2.34. The highest BCUT2D eigenvalue weighted by Gasteiger charge is 2.30. The van der Waals surface area contributed by atoms with Crippen molar-refractivity contribution in [2.45, 2.75) is 18.0 Å². The predicted molar refractivity (Wildman–Crippen MR) is 80.0 cm³/mol. The van der Waals surface area contributed by atoms with Gasteiger partial charge in [-0.2, -0.15) is 13.2 Å². The summed E-state index contributed by atoms with van der Waals surface area (Å²) in [6.07, 6.45) is -4.48. The molecule has 0 radical (unpaired) electrons. The summed E-state index contributed by atoms with van der Waals surface area (Å²) >= 11 is 0. The molecule has 4 nitrogen and oxygen atoms in total. The highest BCUT2D eigenvalue weighted by molar-refractivity contribution is 7.92. The van der Waals surface area contributed by atoms with Crippen molar-refractivity contribution in [2.75, 3.05) is 11.8 Å². The standard InChI is InChI=1S/C15H14F3NO3S/c1-10-3-8-13(22-2)14(9-10)23(20,21)19-12-6-4-11(5-7-12)15(16,17)18/h3-9,19H,1-2H3. The molecule has 0 aliphatic rings. The third-order valence-corrected chi connectivity index (χ3v) is 4.48. The van der Waals surface area contributed by atoms with Crippen LogP contribution in [0.2, 0.25) is 0 Å². The number of sulfonamides is 1. The van der Waals surface area contributed by atoms with Crippen molar-refractivity contribution in [1.29, 1.82) is 0 Å². The van der Waals surface area contributed by atoms with Gasteiger partial charge in [-0.25, -0.2) is 8.42 Å². The van der Waals surface area contributed by atoms with E-state index in [0.717, 1.165) is 24.3 Å². The van der Waals surface area contributed by atoms with Crippen LogP contribution in [-0.4, -0.2) is 15.5 Å². The van der Waals surface area contributed by atoms with Gasteiger partial charge in [0.05, 0.1) is 12.7 Å². The van der Waals surface area contributed by atoms with Crippen LogP contribution < -0.4 is 9.46 Å². The van der Waals surface area contributed by atoms with Gasteiger partial charge in [-0.3, -0.25) is 4.72 Å². The number of benzene rings is 2. The summed E-state index contributed by atoms with van der Waals surface area (Å²) in [5.41, 5.74) is -0.117. The van der Waals surface area contributed by atoms with Gasteiger partial charge in [0.1, 0.15) is 10.6 Å². The minimum atomic E-state index is -4.48. The molecule has 0 saturated heterocycles. The van der Waals surface area contributed by atoms with Crippen molar-refractivity contribution in [3.8, 4) is 5.75 Å². The number of halogens is 3. The summed E-state index contributed by atoms with van der Waals surface area (Å²) in [6.45, 7) is 1.72. The second kappa shape index (κ2) is 6.11. The van der Waals surface area contributed by atoms with Crippen LogP contribution in [0, 0.1) is 6.92 Å². The quantitative estimate of drug-likeness (QED) is 0.916. The summed E-state index contributed by atoms with van der Waals surface area (Å²) < 4.78 is 69.6. The van der Waals surface area contributed by atoms with Crippen LogP contribution in [0.5, 0.6) is 5.75 Å². The zero-order valence-corrected chi connectivity index (χ0v) is 13.1. The first-order valence-corrected chi connectivity index (χ1v) is 7.96. The van der Waals surface area contributed by atoms with Crippen LogP contribution in [0.1, 0.15) is 11.1 Å². The maximum Gasteiger partial charge on any atom is 0.416 e. The Morgan fingerprint density at radius 1 is 1.04 bits per heavy atom. The van der Waals surface area contributed by atoms with Crippen molar-refractivity contribution in [3.63, 3.8) is 0 Å². The molecule has 0 heterocycles. The molecule has 124 valence electrons. The monoisotopic (exact) mass is 345 g/mol. The number of rotatable bonds is 4. The lowest BCUT2D eigenvalue weighted by Crippen LogP contribution is -2.14. The summed E-state index contributed by atoms with van der Waals surface area (Å²) in [6, 6.07) is 8.36. The van der Waals surface area contributed by atoms with Crippen LogP contribution in [0.15, 0.2) is 47.4 Å². The van der Waals surface area contributed by atoms with Gasteiger partial charge >= 0.3 is 6.18 Å². The SMILES string of the molecule is COc1ccc(C)cc1S(=O)(=O)Nc1ccc(C(F)(F)F)cc1. The number of hydrogen-bond donors (Lipinski definition) is 1. The number of methoxy groups -OCH3 is 1. The van der Waals surface area contributed by atoms with E-state index in [-0.39, 0.29) is 16.3 Å². The van der Waals surface area contributed by atoms with Crippen LogP contribution >= 0.6 is 0 Å². The predicted octanol–water partition coefficient (Wildman–Crippen LogP) is 3.82. The average molecular weight is 345 g/mol. The van der Waals surface area contributed by atoms with Gasteiger partial charge in [-0.1, -0.05) is 6.07 Å². The first-order chi connectivity index (χ1) is 10.6. The topological polar surface area (TPSA) is 55.4 Å². The first-order valence-electron chi connectivity index (χ1n) is 6.48. The minimum absolute atomic E-state index is 0.0292. The molecule has 2 aromatic rings. The van der Waals surface area contributed by atoms with Gasteiger partial charge in [0.25, 0.3) is 10.0 Å². The summed E-state index contributed by atoms with van der Waals surface area (Å²) in [5, 5.41) is 0. The van der Waals surface area contributed by atoms with Gasteiger partial charge in [-0.15, -0.1) is 0 Å². The number of alkyl halides is 3. The number of hydrogen-bond acceptors (Lipinski definition) is 3. The molecule has 0 unspecified atom stereocenters. The smallest absolute Gasteiger partial charge is 0.416 e. The molecule has 8 heteroatoms. The highest BCUT2D eigenvalue weighted by Crippen LogP contribution is 2.31. The van der Waals surface area contributed by atoms with E-state index in [1.54, 1.807) is 13.0 Å². The molecule has 0 aliphatic carbocycles. The number of anilines is 1. The minimum Gasteiger partial charge on any atom is -0.495 e. The number of ether oxygens (including phenoxy) is 1. The van der Waals surface area contributed by atoms with Crippen molar-refractivity contribution in [3.05, 3.63) is 53.6 Å². The third kappa shape index (κ3) is 3.95. The molecular formula is C15H14F3NO3S. The fourth-order valence-electron chi connectivity index (χ4n) is 1.93. The van der Waals surface area contributed by atoms with Crippen LogP contribution in [0.4, 0.5) is 18.9 Å². The molecule has 0 saturated carbocycles. The molecule has 2 aromatic carbocycles. The normalized spacial score (nSPS) is 12.0. The number of nitrogens with one attached hydrogen (secondary N) is 1. The molecule has 0 aromatic heterocycles. The second-order valence-electron chi connectivity index (χ2n) is 4.83. The van der Waals surface area contributed by atoms with Crippen LogP contribution in [0.3, 0.4) is 0 Å². The third-order valence-electron chi connectivity index (χ3n) is 3.07. The van der Waals surface area contributed by atoms with E-state index in [9.17, 15) is 21.6 Å². The van der Waals surface area contributed by atoms with E-state index >= 15 is 0 Å². The maximum absolute atomic E-state index is 12.5. The number of aryl methyl sites for hydroxylation is 1. The van der Waals surface area contributed by atoms with Crippen molar-refractivity contribution in [1.82, 2.24) is 0 Å². The van der Waals surface area contributed by atoms with E-state index in [4.69, 9.17) is 4.74 Å². The van der Waals surface area contributed by atoms with E-state index in [2.05, 4.69) is 4.72 Å². The Morgan fingerprint density at radius 2 is 1.65 bits per heavy atom. The van der Waals surface area contributed by atoms with Gasteiger partial charge in [0.15, 0.2) is 0 Å². The largest absolute Gasteiger partial charge is 0.495 e. The fourth-order valence-corrected chi connectivity index (χ4v) is 3.24. The molecule has 1 N–H and O–H groups in total. The lowest BCUT2D eigenvalue weighted by atomic mass is 10.2. The van der Waals surface area contributed by atoms with Gasteiger partial charge < -0.3 is 4.74 Å². The Labute approximate surface area is 132 Å². The van der Waals surface area contributed by atoms with Crippen LogP contribution in [0.25, 0.3) is 0 Å². The molecule has 0 spiro atoms. The van der Waals surface area contributed by atoms with Crippen molar-refractivity contribution >= 4 is 15.7 Å². The van der Waals surface area contributed by atoms with Gasteiger partial charge in [-0.05, 0) is 48.9 Å². The Kier molecular flexibility index (Phi) is 4.56. The van der Waals surface area contributed by atoms with Crippen LogP contribution in [-0.2, 0) is 16.2 Å². The maximum atomic E-state index is 12.5. The lowest BCUT2D eigenvalue weighted by Gasteiger charge is -2.13. The Bertz CT molecular complexity index is 800. The Morgan fingerprint density at radius 3 is 2.17 bits per heavy atom. The van der Waals surface area contributed by atoms with E-state index in [1.807, 2.05) is 0 Å². The molecule has 0 fully saturated rings. The highest BCUT2D eigenvalue weighted by atomic mass is 32.2. The molecule has 0 amide bonds. The summed E-state index contributed by atoms with van der Waals surface area (Å²) in [7, 11) is -2.65. The van der Waals surface area contributed by atoms with E-state index in [0.29, 0.717) is 5.56 Å². The fraction of sp³-hybridized carbons (Fsp3) is 0.200. The zero-order chi connectivity index (χ0) is 17.3.